The molecule has 0 aliphatic rings. The molecule has 0 aromatic carbocycles. The normalized spacial score (nSPS) is 10.0. The number of esters is 1. The highest BCUT2D eigenvalue weighted by Gasteiger charge is 2.13. The van der Waals surface area contributed by atoms with E-state index in [0.29, 0.717) is 6.54 Å². The fourth-order valence-corrected chi connectivity index (χ4v) is 0.639. The maximum atomic E-state index is 10.9. The zero-order valence-corrected chi connectivity index (χ0v) is 7.79. The van der Waals surface area contributed by atoms with Crippen molar-refractivity contribution in [1.82, 2.24) is 4.90 Å². The number of ketones is 1. The standard InChI is InChI=1S/C8H15NO3/c1-4-12-8(11)7(10)5-6-9(2)3/h4-6H2,1-3H3. The molecule has 0 bridgehead atoms. The number of hydrogen-bond acceptors (Lipinski definition) is 4. The molecule has 0 amide bonds. The summed E-state index contributed by atoms with van der Waals surface area (Å²) in [5, 5.41) is 0. The Morgan fingerprint density at radius 2 is 1.92 bits per heavy atom. The van der Waals surface area contributed by atoms with E-state index in [9.17, 15) is 9.59 Å². The summed E-state index contributed by atoms with van der Waals surface area (Å²) in [6.07, 6.45) is 0.228. The fraction of sp³-hybridized carbons (Fsp3) is 0.750. The molecule has 4 nitrogen and oxygen atoms in total. The summed E-state index contributed by atoms with van der Waals surface area (Å²) in [5.74, 6) is -1.18. The summed E-state index contributed by atoms with van der Waals surface area (Å²) in [6, 6.07) is 0. The van der Waals surface area contributed by atoms with Gasteiger partial charge in [0.05, 0.1) is 6.61 Å². The van der Waals surface area contributed by atoms with Gasteiger partial charge in [-0.15, -0.1) is 0 Å². The van der Waals surface area contributed by atoms with Crippen molar-refractivity contribution in [3.63, 3.8) is 0 Å². The van der Waals surface area contributed by atoms with Crippen molar-refractivity contribution in [2.45, 2.75) is 13.3 Å². The van der Waals surface area contributed by atoms with Gasteiger partial charge in [-0.05, 0) is 21.0 Å². The lowest BCUT2D eigenvalue weighted by molar-refractivity contribution is -0.153. The minimum absolute atomic E-state index is 0.228. The predicted molar refractivity (Wildman–Crippen MR) is 44.8 cm³/mol. The molecule has 0 rings (SSSR count). The summed E-state index contributed by atoms with van der Waals surface area (Å²) in [7, 11) is 3.69. The molecule has 0 N–H and O–H groups in total. The molecular weight excluding hydrogens is 158 g/mol. The summed E-state index contributed by atoms with van der Waals surface area (Å²) < 4.78 is 4.53. The van der Waals surface area contributed by atoms with Gasteiger partial charge >= 0.3 is 5.97 Å². The predicted octanol–water partition coefficient (Wildman–Crippen LogP) is 0.0703. The first-order chi connectivity index (χ1) is 5.57. The molecule has 0 saturated heterocycles. The lowest BCUT2D eigenvalue weighted by atomic mass is 10.3. The van der Waals surface area contributed by atoms with Crippen molar-refractivity contribution in [3.05, 3.63) is 0 Å². The number of carbonyl (C=O) groups is 2. The van der Waals surface area contributed by atoms with Gasteiger partial charge in [-0.1, -0.05) is 0 Å². The Bertz CT molecular complexity index is 166. The molecule has 70 valence electrons. The number of ether oxygens (including phenoxy) is 1. The Hall–Kier alpha value is -0.900. The number of nitrogens with zero attached hydrogens (tertiary/aromatic N) is 1. The highest BCUT2D eigenvalue weighted by molar-refractivity contribution is 6.33. The second-order valence-corrected chi connectivity index (χ2v) is 2.70. The van der Waals surface area contributed by atoms with Gasteiger partial charge in [0, 0.05) is 13.0 Å². The van der Waals surface area contributed by atoms with Gasteiger partial charge in [-0.25, -0.2) is 4.79 Å². The fourth-order valence-electron chi connectivity index (χ4n) is 0.639. The molecule has 0 aromatic rings. The van der Waals surface area contributed by atoms with E-state index < -0.39 is 11.8 Å². The minimum atomic E-state index is -0.723. The molecule has 12 heavy (non-hydrogen) atoms. The third kappa shape index (κ3) is 4.85. The molecule has 0 aliphatic heterocycles. The van der Waals surface area contributed by atoms with E-state index in [4.69, 9.17) is 0 Å². The van der Waals surface area contributed by atoms with Crippen LogP contribution in [0.5, 0.6) is 0 Å². The quantitative estimate of drug-likeness (QED) is 0.436. The van der Waals surface area contributed by atoms with Crippen LogP contribution in [0.2, 0.25) is 0 Å². The van der Waals surface area contributed by atoms with Crippen LogP contribution in [0.1, 0.15) is 13.3 Å². The number of rotatable bonds is 5. The Labute approximate surface area is 72.5 Å². The zero-order chi connectivity index (χ0) is 9.56. The lowest BCUT2D eigenvalue weighted by Crippen LogP contribution is -2.23. The van der Waals surface area contributed by atoms with E-state index >= 15 is 0 Å². The highest BCUT2D eigenvalue weighted by atomic mass is 16.5. The van der Waals surface area contributed by atoms with E-state index in [1.807, 2.05) is 19.0 Å². The van der Waals surface area contributed by atoms with Gasteiger partial charge in [0.1, 0.15) is 0 Å². The summed E-state index contributed by atoms with van der Waals surface area (Å²) >= 11 is 0. The van der Waals surface area contributed by atoms with Gasteiger partial charge < -0.3 is 9.64 Å². The van der Waals surface area contributed by atoms with Gasteiger partial charge in [-0.3, -0.25) is 4.79 Å². The van der Waals surface area contributed by atoms with Crippen LogP contribution >= 0.6 is 0 Å². The van der Waals surface area contributed by atoms with Gasteiger partial charge in [-0.2, -0.15) is 0 Å². The average molecular weight is 173 g/mol. The van der Waals surface area contributed by atoms with Gasteiger partial charge in [0.15, 0.2) is 0 Å². The second kappa shape index (κ2) is 5.71. The molecule has 0 aromatic heterocycles. The number of carbonyl (C=O) groups excluding carboxylic acids is 2. The first-order valence-corrected chi connectivity index (χ1v) is 3.92. The van der Waals surface area contributed by atoms with E-state index in [1.165, 1.54) is 0 Å². The molecule has 0 atom stereocenters. The van der Waals surface area contributed by atoms with Crippen LogP contribution in [0.15, 0.2) is 0 Å². The van der Waals surface area contributed by atoms with Crippen molar-refractivity contribution in [2.24, 2.45) is 0 Å². The van der Waals surface area contributed by atoms with Crippen LogP contribution in [-0.4, -0.2) is 43.9 Å². The molecule has 0 saturated carbocycles. The van der Waals surface area contributed by atoms with E-state index in [-0.39, 0.29) is 13.0 Å². The van der Waals surface area contributed by atoms with Crippen LogP contribution in [-0.2, 0) is 14.3 Å². The summed E-state index contributed by atoms with van der Waals surface area (Å²) in [4.78, 5) is 23.5. The third-order valence-corrected chi connectivity index (χ3v) is 1.29. The van der Waals surface area contributed by atoms with Crippen LogP contribution in [0.3, 0.4) is 0 Å². The van der Waals surface area contributed by atoms with Gasteiger partial charge in [0.2, 0.25) is 5.78 Å². The summed E-state index contributed by atoms with van der Waals surface area (Å²) in [5.41, 5.74) is 0. The van der Waals surface area contributed by atoms with Crippen molar-refractivity contribution in [3.8, 4) is 0 Å². The Balaban J connectivity index is 3.65. The number of Topliss-reactive ketones (excluding diaryl/α,β-unsaturated/α-hetero) is 1. The maximum absolute atomic E-state index is 10.9. The zero-order valence-electron chi connectivity index (χ0n) is 7.79. The SMILES string of the molecule is CCOC(=O)C(=O)CCN(C)C. The molecule has 4 heteroatoms. The van der Waals surface area contributed by atoms with Crippen LogP contribution in [0, 0.1) is 0 Å². The molecular formula is C8H15NO3. The number of hydrogen-bond donors (Lipinski definition) is 0. The lowest BCUT2D eigenvalue weighted by Gasteiger charge is -2.07. The third-order valence-electron chi connectivity index (χ3n) is 1.29. The molecule has 0 radical (unpaired) electrons. The van der Waals surface area contributed by atoms with Crippen LogP contribution in [0.4, 0.5) is 0 Å². The monoisotopic (exact) mass is 173 g/mol. The molecule has 0 spiro atoms. The topological polar surface area (TPSA) is 46.6 Å². The maximum Gasteiger partial charge on any atom is 0.374 e. The Kier molecular flexibility index (Phi) is 5.28. The molecule has 0 heterocycles. The van der Waals surface area contributed by atoms with Gasteiger partial charge in [0.25, 0.3) is 0 Å². The van der Waals surface area contributed by atoms with Crippen molar-refractivity contribution in [2.75, 3.05) is 27.2 Å². The Morgan fingerprint density at radius 1 is 1.33 bits per heavy atom. The second-order valence-electron chi connectivity index (χ2n) is 2.70. The molecule has 0 aliphatic carbocycles. The van der Waals surface area contributed by atoms with E-state index in [2.05, 4.69) is 4.74 Å². The van der Waals surface area contributed by atoms with Crippen molar-refractivity contribution in [1.29, 1.82) is 0 Å². The average Bonchev–Trinajstić information content (AvgIpc) is 2.00. The van der Waals surface area contributed by atoms with Crippen LogP contribution in [0.25, 0.3) is 0 Å². The first-order valence-electron chi connectivity index (χ1n) is 3.92. The Morgan fingerprint density at radius 3 is 2.33 bits per heavy atom. The van der Waals surface area contributed by atoms with E-state index in [1.54, 1.807) is 6.92 Å². The molecule has 0 fully saturated rings. The van der Waals surface area contributed by atoms with Crippen LogP contribution < -0.4 is 0 Å². The summed E-state index contributed by atoms with van der Waals surface area (Å²) in [6.45, 7) is 2.52. The minimum Gasteiger partial charge on any atom is -0.460 e. The smallest absolute Gasteiger partial charge is 0.374 e. The van der Waals surface area contributed by atoms with E-state index in [0.717, 1.165) is 0 Å². The molecule has 0 unspecified atom stereocenters. The van der Waals surface area contributed by atoms with Crippen molar-refractivity contribution < 1.29 is 14.3 Å². The van der Waals surface area contributed by atoms with Crippen molar-refractivity contribution >= 4 is 11.8 Å². The highest BCUT2D eigenvalue weighted by Crippen LogP contribution is 1.89. The largest absolute Gasteiger partial charge is 0.460 e. The first kappa shape index (κ1) is 11.1.